The van der Waals surface area contributed by atoms with Gasteiger partial charge in [-0.05, 0) is 6.92 Å². The average molecular weight is 241 g/mol. The van der Waals surface area contributed by atoms with E-state index < -0.39 is 7.25 Å². The Morgan fingerprint density at radius 2 is 1.94 bits per heavy atom. The fourth-order valence-electron chi connectivity index (χ4n) is 0.976. The molecule has 0 saturated heterocycles. The van der Waals surface area contributed by atoms with E-state index in [1.54, 1.807) is 0 Å². The molecule has 1 heterocycles. The highest BCUT2D eigenvalue weighted by Gasteiger charge is 2.20. The smallest absolute Gasteiger partial charge is 0.418 e. The van der Waals surface area contributed by atoms with Crippen molar-refractivity contribution in [2.75, 3.05) is 19.8 Å². The Labute approximate surface area is 92.0 Å². The molecule has 0 radical (unpaired) electrons. The maximum absolute atomic E-state index is 9.75. The van der Waals surface area contributed by atoms with E-state index in [0.717, 1.165) is 13.2 Å². The van der Waals surface area contributed by atoms with Crippen LogP contribution in [-0.2, 0) is 4.84 Å². The number of rotatable bonds is 4. The van der Waals surface area contributed by atoms with Gasteiger partial charge in [0.15, 0.2) is 0 Å². The first-order valence-corrected chi connectivity index (χ1v) is 4.67. The minimum atomic E-state index is -6.00. The van der Waals surface area contributed by atoms with Crippen molar-refractivity contribution >= 4 is 7.25 Å². The summed E-state index contributed by atoms with van der Waals surface area (Å²) in [5.41, 5.74) is 0. The molecule has 0 unspecified atom stereocenters. The predicted molar refractivity (Wildman–Crippen MR) is 54.6 cm³/mol. The van der Waals surface area contributed by atoms with E-state index >= 15 is 0 Å². The van der Waals surface area contributed by atoms with Crippen LogP contribution in [0, 0.1) is 0 Å². The summed E-state index contributed by atoms with van der Waals surface area (Å²) in [5, 5.41) is 1.81. The zero-order valence-electron chi connectivity index (χ0n) is 8.95. The predicted octanol–water partition coefficient (Wildman–Crippen LogP) is 2.47. The minimum Gasteiger partial charge on any atom is -0.418 e. The second kappa shape index (κ2) is 7.16. The van der Waals surface area contributed by atoms with Crippen molar-refractivity contribution in [3.05, 3.63) is 25.1 Å². The number of hydrogen-bond donors (Lipinski definition) is 0. The second-order valence-electron chi connectivity index (χ2n) is 2.83. The molecule has 94 valence electrons. The Morgan fingerprint density at radius 1 is 1.38 bits per heavy atom. The molecule has 0 aromatic heterocycles. The summed E-state index contributed by atoms with van der Waals surface area (Å²) in [6, 6.07) is 0. The molecule has 0 bridgehead atoms. The Kier molecular flexibility index (Phi) is 6.63. The van der Waals surface area contributed by atoms with Crippen LogP contribution in [0.5, 0.6) is 0 Å². The van der Waals surface area contributed by atoms with Crippen LogP contribution >= 0.6 is 0 Å². The lowest BCUT2D eigenvalue weighted by Crippen LogP contribution is -2.25. The van der Waals surface area contributed by atoms with Crippen LogP contribution in [0.25, 0.3) is 0 Å². The Bertz CT molecular complexity index is 229. The van der Waals surface area contributed by atoms with Gasteiger partial charge in [-0.15, -0.1) is 6.58 Å². The van der Waals surface area contributed by atoms with Gasteiger partial charge in [-0.1, -0.05) is 6.08 Å². The van der Waals surface area contributed by atoms with Crippen molar-refractivity contribution in [2.45, 2.75) is 6.92 Å². The van der Waals surface area contributed by atoms with E-state index in [-0.39, 0.29) is 0 Å². The van der Waals surface area contributed by atoms with Gasteiger partial charge in [-0.3, -0.25) is 4.84 Å². The van der Waals surface area contributed by atoms with Crippen molar-refractivity contribution in [1.29, 1.82) is 0 Å². The highest BCUT2D eigenvalue weighted by molar-refractivity contribution is 6.50. The van der Waals surface area contributed by atoms with Gasteiger partial charge < -0.3 is 22.2 Å². The lowest BCUT2D eigenvalue weighted by Gasteiger charge is -2.18. The summed E-state index contributed by atoms with van der Waals surface area (Å²) >= 11 is 0. The third-order valence-corrected chi connectivity index (χ3v) is 1.42. The molecule has 0 N–H and O–H groups in total. The van der Waals surface area contributed by atoms with Crippen LogP contribution < -0.4 is 0 Å². The van der Waals surface area contributed by atoms with Crippen LogP contribution in [0.3, 0.4) is 0 Å². The summed E-state index contributed by atoms with van der Waals surface area (Å²) < 4.78 is 39.0. The molecule has 1 aliphatic heterocycles. The van der Waals surface area contributed by atoms with Crippen molar-refractivity contribution in [1.82, 2.24) is 9.96 Å². The molecule has 0 aliphatic carbocycles. The van der Waals surface area contributed by atoms with E-state index in [2.05, 4.69) is 11.5 Å². The highest BCUT2D eigenvalue weighted by Crippen LogP contribution is 2.06. The van der Waals surface area contributed by atoms with Gasteiger partial charge in [0, 0.05) is 18.9 Å². The number of hydrogen-bond acceptors (Lipinski definition) is 3. The molecule has 0 aromatic rings. The Morgan fingerprint density at radius 3 is 2.38 bits per heavy atom. The van der Waals surface area contributed by atoms with E-state index in [1.165, 1.54) is 0 Å². The number of halogens is 4. The van der Waals surface area contributed by atoms with Gasteiger partial charge in [-0.25, -0.2) is 5.06 Å². The fraction of sp³-hybridized carbons (Fsp3) is 0.500. The quantitative estimate of drug-likeness (QED) is 0.427. The molecule has 0 aromatic carbocycles. The van der Waals surface area contributed by atoms with E-state index in [1.807, 2.05) is 30.5 Å². The third-order valence-electron chi connectivity index (χ3n) is 1.42. The van der Waals surface area contributed by atoms with Crippen LogP contribution in [0.15, 0.2) is 25.1 Å². The topological polar surface area (TPSA) is 15.7 Å². The van der Waals surface area contributed by atoms with Gasteiger partial charge in [0.25, 0.3) is 0 Å². The van der Waals surface area contributed by atoms with E-state index in [9.17, 15) is 17.3 Å². The molecule has 0 amide bonds. The molecule has 1 rings (SSSR count). The SMILES string of the molecule is C=CCN1C=CN(OCC)C1.F[B-](F)(F)F. The maximum atomic E-state index is 9.75. The van der Waals surface area contributed by atoms with Gasteiger partial charge in [-0.2, -0.15) is 0 Å². The van der Waals surface area contributed by atoms with Crippen LogP contribution in [0.1, 0.15) is 6.92 Å². The zero-order chi connectivity index (χ0) is 12.6. The monoisotopic (exact) mass is 241 g/mol. The molecule has 8 heteroatoms. The van der Waals surface area contributed by atoms with Crippen molar-refractivity contribution < 1.29 is 22.1 Å². The minimum absolute atomic E-state index is 0.715. The van der Waals surface area contributed by atoms with Crippen molar-refractivity contribution in [3.8, 4) is 0 Å². The lowest BCUT2D eigenvalue weighted by atomic mass is 10.3. The first kappa shape index (κ1) is 14.8. The van der Waals surface area contributed by atoms with Crippen LogP contribution in [-0.4, -0.2) is 37.0 Å². The van der Waals surface area contributed by atoms with Gasteiger partial charge in [0.1, 0.15) is 6.67 Å². The molecular weight excluding hydrogens is 227 g/mol. The fourth-order valence-corrected chi connectivity index (χ4v) is 0.976. The highest BCUT2D eigenvalue weighted by atomic mass is 19.5. The van der Waals surface area contributed by atoms with Gasteiger partial charge in [0.05, 0.1) is 6.61 Å². The molecule has 3 nitrogen and oxygen atoms in total. The van der Waals surface area contributed by atoms with E-state index in [0.29, 0.717) is 6.61 Å². The summed E-state index contributed by atoms with van der Waals surface area (Å²) in [6.07, 6.45) is 5.80. The normalized spacial score (nSPS) is 14.8. The van der Waals surface area contributed by atoms with Crippen LogP contribution in [0.4, 0.5) is 17.3 Å². The number of nitrogens with zero attached hydrogens (tertiary/aromatic N) is 2. The zero-order valence-corrected chi connectivity index (χ0v) is 8.95. The largest absolute Gasteiger partial charge is 0.673 e. The second-order valence-corrected chi connectivity index (χ2v) is 2.83. The summed E-state index contributed by atoms with van der Waals surface area (Å²) in [5.74, 6) is 0. The standard InChI is InChI=1S/C8H14N2O.BF4/c1-3-5-9-6-7-10(8-9)11-4-2;2-1(3,4)5/h3,6-7H,1,4-5,8H2,2H3;/q;-1. The summed E-state index contributed by atoms with van der Waals surface area (Å²) in [4.78, 5) is 7.36. The first-order chi connectivity index (χ1) is 7.36. The molecule has 0 saturated carbocycles. The maximum Gasteiger partial charge on any atom is 0.673 e. The molecular formula is C8H14BF4N2O-. The summed E-state index contributed by atoms with van der Waals surface area (Å²) in [6.45, 7) is 8.03. The lowest BCUT2D eigenvalue weighted by molar-refractivity contribution is -0.122. The summed E-state index contributed by atoms with van der Waals surface area (Å²) in [7, 11) is -6.00. The van der Waals surface area contributed by atoms with Crippen LogP contribution in [0.2, 0.25) is 0 Å². The Hall–Kier alpha value is -1.18. The molecule has 1 aliphatic rings. The third kappa shape index (κ3) is 9.38. The number of hydroxylamine groups is 2. The van der Waals surface area contributed by atoms with Crippen molar-refractivity contribution in [3.63, 3.8) is 0 Å². The van der Waals surface area contributed by atoms with Gasteiger partial charge in [0.2, 0.25) is 0 Å². The molecule has 0 atom stereocenters. The molecule has 0 fully saturated rings. The first-order valence-electron chi connectivity index (χ1n) is 4.67. The van der Waals surface area contributed by atoms with Crippen molar-refractivity contribution in [2.24, 2.45) is 0 Å². The molecule has 0 spiro atoms. The van der Waals surface area contributed by atoms with Gasteiger partial charge >= 0.3 is 7.25 Å². The molecule has 16 heavy (non-hydrogen) atoms. The Balaban J connectivity index is 0.000000385. The average Bonchev–Trinajstić information content (AvgIpc) is 2.51. The van der Waals surface area contributed by atoms with E-state index in [4.69, 9.17) is 4.84 Å².